The highest BCUT2D eigenvalue weighted by molar-refractivity contribution is 5.94. The van der Waals surface area contributed by atoms with Crippen LogP contribution < -0.4 is 0 Å². The molecular weight excluding hydrogens is 292 g/mol. The van der Waals surface area contributed by atoms with Crippen LogP contribution >= 0.6 is 0 Å². The topological polar surface area (TPSA) is 60.9 Å². The predicted molar refractivity (Wildman–Crippen MR) is 91.5 cm³/mol. The molecule has 1 aromatic carbocycles. The maximum absolute atomic E-state index is 12.5. The number of benzene rings is 1. The van der Waals surface area contributed by atoms with Crippen LogP contribution in [-0.4, -0.2) is 53.0 Å². The molecule has 0 atom stereocenters. The Balaban J connectivity index is 2.75. The van der Waals surface area contributed by atoms with E-state index in [-0.39, 0.29) is 18.9 Å². The Labute approximate surface area is 138 Å². The molecule has 0 saturated heterocycles. The number of rotatable bonds is 10. The molecule has 0 saturated carbocycles. The molecule has 5 heteroatoms. The summed E-state index contributed by atoms with van der Waals surface area (Å²) >= 11 is 0. The van der Waals surface area contributed by atoms with Crippen LogP contribution in [0.15, 0.2) is 24.3 Å². The minimum atomic E-state index is -0.881. The first-order valence-electron chi connectivity index (χ1n) is 8.34. The molecule has 0 aliphatic heterocycles. The highest BCUT2D eigenvalue weighted by Gasteiger charge is 2.16. The van der Waals surface area contributed by atoms with E-state index < -0.39 is 5.97 Å². The van der Waals surface area contributed by atoms with Gasteiger partial charge in [-0.15, -0.1) is 0 Å². The molecular formula is C18H28N2O3. The van der Waals surface area contributed by atoms with E-state index in [1.165, 1.54) is 5.56 Å². The monoisotopic (exact) mass is 320 g/mol. The van der Waals surface area contributed by atoms with Gasteiger partial charge in [0.15, 0.2) is 0 Å². The lowest BCUT2D eigenvalue weighted by atomic mass is 10.1. The van der Waals surface area contributed by atoms with Gasteiger partial charge in [0.05, 0.1) is 6.42 Å². The minimum absolute atomic E-state index is 0.0220. The van der Waals surface area contributed by atoms with Crippen molar-refractivity contribution in [1.82, 2.24) is 9.80 Å². The van der Waals surface area contributed by atoms with Crippen LogP contribution in [0.5, 0.6) is 0 Å². The molecule has 0 bridgehead atoms. The fourth-order valence-corrected chi connectivity index (χ4v) is 2.46. The van der Waals surface area contributed by atoms with E-state index in [0.29, 0.717) is 12.1 Å². The van der Waals surface area contributed by atoms with Gasteiger partial charge in [-0.2, -0.15) is 0 Å². The van der Waals surface area contributed by atoms with Gasteiger partial charge in [0.2, 0.25) is 0 Å². The van der Waals surface area contributed by atoms with E-state index in [1.54, 1.807) is 4.90 Å². The second kappa shape index (κ2) is 10.0. The van der Waals surface area contributed by atoms with Crippen molar-refractivity contribution in [3.63, 3.8) is 0 Å². The summed E-state index contributed by atoms with van der Waals surface area (Å²) in [5.41, 5.74) is 1.80. The van der Waals surface area contributed by atoms with Crippen LogP contribution in [0, 0.1) is 0 Å². The third-order valence-corrected chi connectivity index (χ3v) is 3.88. The summed E-state index contributed by atoms with van der Waals surface area (Å²) in [6, 6.07) is 7.63. The molecule has 0 fully saturated rings. The number of carboxylic acid groups (broad SMARTS) is 1. The van der Waals surface area contributed by atoms with Gasteiger partial charge in [-0.05, 0) is 37.2 Å². The molecule has 0 heterocycles. The number of hydrogen-bond donors (Lipinski definition) is 1. The van der Waals surface area contributed by atoms with E-state index in [2.05, 4.69) is 18.7 Å². The number of nitrogens with zero attached hydrogens (tertiary/aromatic N) is 2. The zero-order valence-corrected chi connectivity index (χ0v) is 14.4. The maximum Gasteiger partial charge on any atom is 0.305 e. The molecule has 0 spiro atoms. The lowest BCUT2D eigenvalue weighted by Crippen LogP contribution is -2.33. The average Bonchev–Trinajstić information content (AvgIpc) is 2.56. The Morgan fingerprint density at radius 2 is 1.61 bits per heavy atom. The Kier molecular flexibility index (Phi) is 8.33. The van der Waals surface area contributed by atoms with Crippen molar-refractivity contribution in [2.45, 2.75) is 40.2 Å². The van der Waals surface area contributed by atoms with Crippen molar-refractivity contribution >= 4 is 11.9 Å². The quantitative estimate of drug-likeness (QED) is 0.720. The lowest BCUT2D eigenvalue weighted by Gasteiger charge is -2.22. The van der Waals surface area contributed by atoms with E-state index >= 15 is 0 Å². The molecule has 1 N–H and O–H groups in total. The number of amides is 1. The third-order valence-electron chi connectivity index (χ3n) is 3.88. The van der Waals surface area contributed by atoms with Gasteiger partial charge in [0, 0.05) is 25.2 Å². The van der Waals surface area contributed by atoms with Gasteiger partial charge in [-0.3, -0.25) is 14.5 Å². The number of carboxylic acids is 1. The van der Waals surface area contributed by atoms with Gasteiger partial charge in [-0.1, -0.05) is 32.9 Å². The van der Waals surface area contributed by atoms with Crippen LogP contribution in [-0.2, 0) is 11.3 Å². The van der Waals surface area contributed by atoms with Gasteiger partial charge < -0.3 is 10.0 Å². The van der Waals surface area contributed by atoms with Gasteiger partial charge in [-0.25, -0.2) is 0 Å². The Morgan fingerprint density at radius 3 is 2.09 bits per heavy atom. The summed E-state index contributed by atoms with van der Waals surface area (Å²) in [6.45, 7) is 9.94. The molecule has 0 aromatic heterocycles. The smallest absolute Gasteiger partial charge is 0.305 e. The van der Waals surface area contributed by atoms with Crippen LogP contribution in [0.3, 0.4) is 0 Å². The standard InChI is InChI=1S/C18H28N2O3/c1-4-12-20(13-11-17(21)22)18(23)16-9-7-15(8-10-16)14-19(5-2)6-3/h7-10H,4-6,11-14H2,1-3H3,(H,21,22). The SMILES string of the molecule is CCCN(CCC(=O)O)C(=O)c1ccc(CN(CC)CC)cc1. The summed E-state index contributed by atoms with van der Waals surface area (Å²) in [5.74, 6) is -0.976. The molecule has 0 aliphatic rings. The van der Waals surface area contributed by atoms with Crippen molar-refractivity contribution in [2.24, 2.45) is 0 Å². The Morgan fingerprint density at radius 1 is 1.00 bits per heavy atom. The van der Waals surface area contributed by atoms with E-state index in [1.807, 2.05) is 31.2 Å². The lowest BCUT2D eigenvalue weighted by molar-refractivity contribution is -0.137. The number of carbonyl (C=O) groups is 2. The number of carbonyl (C=O) groups excluding carboxylic acids is 1. The van der Waals surface area contributed by atoms with Gasteiger partial charge in [0.25, 0.3) is 5.91 Å². The molecule has 0 radical (unpaired) electrons. The van der Waals surface area contributed by atoms with Crippen molar-refractivity contribution in [3.8, 4) is 0 Å². The Hall–Kier alpha value is -1.88. The fourth-order valence-electron chi connectivity index (χ4n) is 2.46. The second-order valence-electron chi connectivity index (χ2n) is 5.59. The molecule has 0 unspecified atom stereocenters. The first kappa shape index (κ1) is 19.2. The molecule has 0 aliphatic carbocycles. The summed E-state index contributed by atoms with van der Waals surface area (Å²) < 4.78 is 0. The Bertz CT molecular complexity index is 495. The molecule has 5 nitrogen and oxygen atoms in total. The predicted octanol–water partition coefficient (Wildman–Crippen LogP) is 2.86. The van der Waals surface area contributed by atoms with Crippen LogP contribution in [0.4, 0.5) is 0 Å². The zero-order chi connectivity index (χ0) is 17.2. The number of hydrogen-bond acceptors (Lipinski definition) is 3. The van der Waals surface area contributed by atoms with Crippen LogP contribution in [0.2, 0.25) is 0 Å². The third kappa shape index (κ3) is 6.40. The zero-order valence-electron chi connectivity index (χ0n) is 14.4. The van der Waals surface area contributed by atoms with Crippen molar-refractivity contribution in [1.29, 1.82) is 0 Å². The highest BCUT2D eigenvalue weighted by atomic mass is 16.4. The normalized spacial score (nSPS) is 10.8. The van der Waals surface area contributed by atoms with Crippen LogP contribution in [0.1, 0.15) is 49.5 Å². The first-order valence-corrected chi connectivity index (χ1v) is 8.34. The summed E-state index contributed by atoms with van der Waals surface area (Å²) in [7, 11) is 0. The number of aliphatic carboxylic acids is 1. The molecule has 1 aromatic rings. The fraction of sp³-hybridized carbons (Fsp3) is 0.556. The summed E-state index contributed by atoms with van der Waals surface area (Å²) in [6.07, 6.45) is 0.789. The average molecular weight is 320 g/mol. The van der Waals surface area contributed by atoms with Crippen molar-refractivity contribution in [2.75, 3.05) is 26.2 Å². The summed E-state index contributed by atoms with van der Waals surface area (Å²) in [4.78, 5) is 27.2. The van der Waals surface area contributed by atoms with Crippen molar-refractivity contribution in [3.05, 3.63) is 35.4 Å². The second-order valence-corrected chi connectivity index (χ2v) is 5.59. The van der Waals surface area contributed by atoms with Crippen molar-refractivity contribution < 1.29 is 14.7 Å². The van der Waals surface area contributed by atoms with Gasteiger partial charge >= 0.3 is 5.97 Å². The minimum Gasteiger partial charge on any atom is -0.481 e. The largest absolute Gasteiger partial charge is 0.481 e. The van der Waals surface area contributed by atoms with Crippen LogP contribution in [0.25, 0.3) is 0 Å². The molecule has 1 rings (SSSR count). The molecule has 1 amide bonds. The molecule has 23 heavy (non-hydrogen) atoms. The van der Waals surface area contributed by atoms with E-state index in [9.17, 15) is 9.59 Å². The summed E-state index contributed by atoms with van der Waals surface area (Å²) in [5, 5.41) is 8.81. The van der Waals surface area contributed by atoms with E-state index in [0.717, 1.165) is 26.1 Å². The van der Waals surface area contributed by atoms with E-state index in [4.69, 9.17) is 5.11 Å². The molecule has 128 valence electrons. The first-order chi connectivity index (χ1) is 11.0. The highest BCUT2D eigenvalue weighted by Crippen LogP contribution is 2.11. The maximum atomic E-state index is 12.5. The van der Waals surface area contributed by atoms with Gasteiger partial charge in [0.1, 0.15) is 0 Å².